The first kappa shape index (κ1) is 16.1. The molecule has 0 aromatic heterocycles. The predicted octanol–water partition coefficient (Wildman–Crippen LogP) is 2.16. The maximum atomic E-state index is 12.0. The van der Waals surface area contributed by atoms with E-state index in [1.807, 2.05) is 0 Å². The molecule has 0 radical (unpaired) electrons. The molecule has 1 aliphatic heterocycles. The first-order valence-electron chi connectivity index (χ1n) is 6.67. The fraction of sp³-hybridized carbons (Fsp3) is 0.429. The Kier molecular flexibility index (Phi) is 5.45. The third-order valence-corrected chi connectivity index (χ3v) is 4.27. The fourth-order valence-electron chi connectivity index (χ4n) is 2.22. The van der Waals surface area contributed by atoms with Crippen LogP contribution in [-0.4, -0.2) is 41.5 Å². The van der Waals surface area contributed by atoms with Crippen molar-refractivity contribution in [1.82, 2.24) is 4.90 Å². The summed E-state index contributed by atoms with van der Waals surface area (Å²) in [6, 6.07) is 4.63. The molecule has 1 heterocycles. The molecule has 1 fully saturated rings. The minimum atomic E-state index is -0.698. The Bertz CT molecular complexity index is 543. The quantitative estimate of drug-likeness (QED) is 0.816. The van der Waals surface area contributed by atoms with Crippen molar-refractivity contribution in [3.05, 3.63) is 28.2 Å². The average Bonchev–Trinajstić information content (AvgIpc) is 2.50. The summed E-state index contributed by atoms with van der Waals surface area (Å²) in [5.41, 5.74) is 0.424. The van der Waals surface area contributed by atoms with Gasteiger partial charge in [0.15, 0.2) is 0 Å². The van der Waals surface area contributed by atoms with E-state index in [4.69, 9.17) is 28.3 Å². The standard InChI is InChI=1S/C14H16Cl2N2O3/c15-11-2-1-10(7-12(11)16)17-13(20)14(21)18-5-3-9(8-19)4-6-18/h1-2,7,9,19H,3-6,8H2,(H,17,20). The number of hydrogen-bond donors (Lipinski definition) is 2. The molecule has 0 atom stereocenters. The summed E-state index contributed by atoms with van der Waals surface area (Å²) in [6.45, 7) is 1.09. The number of piperidine rings is 1. The number of halogens is 2. The highest BCUT2D eigenvalue weighted by Crippen LogP contribution is 2.25. The van der Waals surface area contributed by atoms with E-state index < -0.39 is 11.8 Å². The van der Waals surface area contributed by atoms with Gasteiger partial charge in [0.05, 0.1) is 10.0 Å². The van der Waals surface area contributed by atoms with Crippen LogP contribution >= 0.6 is 23.2 Å². The third-order valence-electron chi connectivity index (χ3n) is 3.53. The van der Waals surface area contributed by atoms with Gasteiger partial charge in [-0.1, -0.05) is 23.2 Å². The van der Waals surface area contributed by atoms with Crippen LogP contribution in [0.25, 0.3) is 0 Å². The zero-order valence-corrected chi connectivity index (χ0v) is 12.8. The van der Waals surface area contributed by atoms with Crippen LogP contribution < -0.4 is 5.32 Å². The maximum Gasteiger partial charge on any atom is 0.313 e. The first-order valence-corrected chi connectivity index (χ1v) is 7.43. The predicted molar refractivity (Wildman–Crippen MR) is 81.5 cm³/mol. The summed E-state index contributed by atoms with van der Waals surface area (Å²) in [5.74, 6) is -1.06. The number of likely N-dealkylation sites (tertiary alicyclic amines) is 1. The Labute approximate surface area is 132 Å². The molecule has 2 amide bonds. The zero-order valence-electron chi connectivity index (χ0n) is 11.3. The van der Waals surface area contributed by atoms with Crippen molar-refractivity contribution in [1.29, 1.82) is 0 Å². The van der Waals surface area contributed by atoms with Crippen molar-refractivity contribution >= 4 is 40.7 Å². The van der Waals surface area contributed by atoms with Crippen molar-refractivity contribution in [2.75, 3.05) is 25.0 Å². The van der Waals surface area contributed by atoms with Crippen molar-refractivity contribution in [3.8, 4) is 0 Å². The molecule has 0 spiro atoms. The summed E-state index contributed by atoms with van der Waals surface area (Å²) < 4.78 is 0. The fourth-order valence-corrected chi connectivity index (χ4v) is 2.52. The van der Waals surface area contributed by atoms with Crippen LogP contribution in [0.2, 0.25) is 10.0 Å². The topological polar surface area (TPSA) is 69.6 Å². The Balaban J connectivity index is 1.93. The van der Waals surface area contributed by atoms with Gasteiger partial charge in [-0.3, -0.25) is 9.59 Å². The van der Waals surface area contributed by atoms with Crippen LogP contribution in [0.1, 0.15) is 12.8 Å². The summed E-state index contributed by atoms with van der Waals surface area (Å²) in [4.78, 5) is 25.5. The largest absolute Gasteiger partial charge is 0.396 e. The average molecular weight is 331 g/mol. The number of nitrogens with zero attached hydrogens (tertiary/aromatic N) is 1. The van der Waals surface area contributed by atoms with E-state index in [1.165, 1.54) is 11.0 Å². The number of benzene rings is 1. The normalized spacial score (nSPS) is 15.9. The number of rotatable bonds is 2. The first-order chi connectivity index (χ1) is 10.0. The number of amides is 2. The molecule has 0 aliphatic carbocycles. The van der Waals surface area contributed by atoms with E-state index in [0.29, 0.717) is 41.7 Å². The molecule has 21 heavy (non-hydrogen) atoms. The van der Waals surface area contributed by atoms with E-state index in [2.05, 4.69) is 5.32 Å². The van der Waals surface area contributed by atoms with Crippen molar-refractivity contribution in [2.24, 2.45) is 5.92 Å². The lowest BCUT2D eigenvalue weighted by atomic mass is 9.98. The van der Waals surface area contributed by atoms with E-state index in [0.717, 1.165) is 0 Å². The molecule has 0 saturated carbocycles. The van der Waals surface area contributed by atoms with Crippen LogP contribution in [0.4, 0.5) is 5.69 Å². The van der Waals surface area contributed by atoms with Gasteiger partial charge in [-0.05, 0) is 37.0 Å². The van der Waals surface area contributed by atoms with Crippen LogP contribution in [-0.2, 0) is 9.59 Å². The van der Waals surface area contributed by atoms with E-state index >= 15 is 0 Å². The van der Waals surface area contributed by atoms with Gasteiger partial charge in [-0.15, -0.1) is 0 Å². The Hall–Kier alpha value is -1.30. The molecule has 1 aromatic carbocycles. The SMILES string of the molecule is O=C(Nc1ccc(Cl)c(Cl)c1)C(=O)N1CCC(CO)CC1. The van der Waals surface area contributed by atoms with Crippen LogP contribution in [0, 0.1) is 5.92 Å². The van der Waals surface area contributed by atoms with E-state index in [1.54, 1.807) is 12.1 Å². The summed E-state index contributed by atoms with van der Waals surface area (Å²) in [5, 5.41) is 12.3. The number of aliphatic hydroxyl groups excluding tert-OH is 1. The van der Waals surface area contributed by atoms with E-state index in [-0.39, 0.29) is 12.5 Å². The van der Waals surface area contributed by atoms with Gasteiger partial charge in [-0.25, -0.2) is 0 Å². The number of carbonyl (C=O) groups is 2. The number of anilines is 1. The van der Waals surface area contributed by atoms with Gasteiger partial charge >= 0.3 is 11.8 Å². The number of carbonyl (C=O) groups excluding carboxylic acids is 2. The van der Waals surface area contributed by atoms with Crippen LogP contribution in [0.3, 0.4) is 0 Å². The second-order valence-electron chi connectivity index (χ2n) is 5.00. The Morgan fingerprint density at radius 3 is 2.48 bits per heavy atom. The number of hydrogen-bond acceptors (Lipinski definition) is 3. The zero-order chi connectivity index (χ0) is 15.4. The van der Waals surface area contributed by atoms with Gasteiger partial charge in [0.1, 0.15) is 0 Å². The molecule has 1 saturated heterocycles. The molecule has 0 bridgehead atoms. The van der Waals surface area contributed by atoms with Gasteiger partial charge in [0.25, 0.3) is 0 Å². The maximum absolute atomic E-state index is 12.0. The highest BCUT2D eigenvalue weighted by Gasteiger charge is 2.26. The highest BCUT2D eigenvalue weighted by atomic mass is 35.5. The summed E-state index contributed by atoms with van der Waals surface area (Å²) >= 11 is 11.6. The molecule has 7 heteroatoms. The summed E-state index contributed by atoms with van der Waals surface area (Å²) in [6.07, 6.45) is 1.42. The molecule has 114 valence electrons. The monoisotopic (exact) mass is 330 g/mol. The molecule has 1 aromatic rings. The smallest absolute Gasteiger partial charge is 0.313 e. The number of aliphatic hydroxyl groups is 1. The molecular formula is C14H16Cl2N2O3. The van der Waals surface area contributed by atoms with Gasteiger partial charge in [-0.2, -0.15) is 0 Å². The molecule has 5 nitrogen and oxygen atoms in total. The molecule has 1 aliphatic rings. The van der Waals surface area contributed by atoms with Gasteiger partial charge in [0.2, 0.25) is 0 Å². The molecule has 2 N–H and O–H groups in total. The van der Waals surface area contributed by atoms with Crippen molar-refractivity contribution in [3.63, 3.8) is 0 Å². The summed E-state index contributed by atoms with van der Waals surface area (Å²) in [7, 11) is 0. The minimum Gasteiger partial charge on any atom is -0.396 e. The number of nitrogens with one attached hydrogen (secondary N) is 1. The van der Waals surface area contributed by atoms with Crippen LogP contribution in [0.15, 0.2) is 18.2 Å². The van der Waals surface area contributed by atoms with Crippen molar-refractivity contribution in [2.45, 2.75) is 12.8 Å². The molecule has 2 rings (SSSR count). The second-order valence-corrected chi connectivity index (χ2v) is 5.82. The second kappa shape index (κ2) is 7.11. The lowest BCUT2D eigenvalue weighted by Crippen LogP contribution is -2.44. The molecule has 0 unspecified atom stereocenters. The van der Waals surface area contributed by atoms with Gasteiger partial charge < -0.3 is 15.3 Å². The minimum absolute atomic E-state index is 0.123. The van der Waals surface area contributed by atoms with Crippen LogP contribution in [0.5, 0.6) is 0 Å². The Morgan fingerprint density at radius 2 is 1.90 bits per heavy atom. The van der Waals surface area contributed by atoms with E-state index in [9.17, 15) is 9.59 Å². The third kappa shape index (κ3) is 4.09. The van der Waals surface area contributed by atoms with Gasteiger partial charge in [0, 0.05) is 25.4 Å². The lowest BCUT2D eigenvalue weighted by Gasteiger charge is -2.30. The lowest BCUT2D eigenvalue weighted by molar-refractivity contribution is -0.144. The Morgan fingerprint density at radius 1 is 1.24 bits per heavy atom. The molecular weight excluding hydrogens is 315 g/mol. The van der Waals surface area contributed by atoms with Crippen molar-refractivity contribution < 1.29 is 14.7 Å². The highest BCUT2D eigenvalue weighted by molar-refractivity contribution is 6.42.